The summed E-state index contributed by atoms with van der Waals surface area (Å²) in [6.45, 7) is 1.48. The summed E-state index contributed by atoms with van der Waals surface area (Å²) in [6.07, 6.45) is -0.582. The van der Waals surface area contributed by atoms with E-state index >= 15 is 0 Å². The van der Waals surface area contributed by atoms with Gasteiger partial charge in [-0.3, -0.25) is 14.4 Å². The molecule has 0 fully saturated rings. The second-order valence-corrected chi connectivity index (χ2v) is 7.11. The number of benzene rings is 2. The average molecular weight is 412 g/mol. The Morgan fingerprint density at radius 1 is 0.933 bits per heavy atom. The highest BCUT2D eigenvalue weighted by Crippen LogP contribution is 2.23. The van der Waals surface area contributed by atoms with Gasteiger partial charge in [0.1, 0.15) is 0 Å². The summed E-state index contributed by atoms with van der Waals surface area (Å²) in [5.74, 6) is -3.77. The van der Waals surface area contributed by atoms with Crippen molar-refractivity contribution in [2.45, 2.75) is 38.6 Å². The van der Waals surface area contributed by atoms with Gasteiger partial charge in [-0.15, -0.1) is 4.91 Å². The van der Waals surface area contributed by atoms with Gasteiger partial charge in [0.2, 0.25) is 5.91 Å². The van der Waals surface area contributed by atoms with Gasteiger partial charge in [-0.25, -0.2) is 0 Å². The zero-order chi connectivity index (χ0) is 22.1. The van der Waals surface area contributed by atoms with Gasteiger partial charge < -0.3 is 10.2 Å². The van der Waals surface area contributed by atoms with Gasteiger partial charge in [0.15, 0.2) is 0 Å². The molecule has 8 nitrogen and oxygen atoms in total. The Bertz CT molecular complexity index is 882. The first-order valence-corrected chi connectivity index (χ1v) is 9.56. The van der Waals surface area contributed by atoms with Crippen LogP contribution in [0, 0.1) is 10.8 Å². The maximum absolute atomic E-state index is 12.3. The number of amides is 1. The molecule has 1 amide bonds. The fourth-order valence-corrected chi connectivity index (χ4v) is 3.16. The van der Waals surface area contributed by atoms with Gasteiger partial charge in [0, 0.05) is 6.42 Å². The largest absolute Gasteiger partial charge is 0.481 e. The quantitative estimate of drug-likeness (QED) is 0.428. The summed E-state index contributed by atoms with van der Waals surface area (Å²) >= 11 is 0. The number of rotatable bonds is 11. The molecular weight excluding hydrogens is 388 g/mol. The van der Waals surface area contributed by atoms with Crippen LogP contribution in [-0.2, 0) is 20.8 Å². The fraction of sp³-hybridized carbons (Fsp3) is 0.318. The Labute approximate surface area is 174 Å². The predicted octanol–water partition coefficient (Wildman–Crippen LogP) is 3.75. The number of carboxylic acid groups (broad SMARTS) is 2. The lowest BCUT2D eigenvalue weighted by Gasteiger charge is -2.26. The number of carbonyl (C=O) groups is 3. The van der Waals surface area contributed by atoms with Crippen LogP contribution in [0.25, 0.3) is 11.1 Å². The van der Waals surface area contributed by atoms with E-state index in [1.165, 1.54) is 6.92 Å². The van der Waals surface area contributed by atoms with Gasteiger partial charge in [-0.1, -0.05) is 61.5 Å². The zero-order valence-corrected chi connectivity index (χ0v) is 16.6. The normalized spacial score (nSPS) is 12.6. The van der Waals surface area contributed by atoms with Crippen LogP contribution in [0.4, 0.5) is 0 Å². The van der Waals surface area contributed by atoms with Gasteiger partial charge in [-0.2, -0.15) is 5.01 Å². The molecule has 0 radical (unpaired) electrons. The molecule has 0 saturated carbocycles. The third kappa shape index (κ3) is 6.51. The summed E-state index contributed by atoms with van der Waals surface area (Å²) in [6, 6.07) is 16.5. The maximum atomic E-state index is 12.3. The summed E-state index contributed by atoms with van der Waals surface area (Å²) in [5, 5.41) is 21.5. The lowest BCUT2D eigenvalue weighted by Crippen LogP contribution is -2.39. The molecule has 30 heavy (non-hydrogen) atoms. The highest BCUT2D eigenvalue weighted by Gasteiger charge is 2.29. The average Bonchev–Trinajstić information content (AvgIpc) is 2.73. The van der Waals surface area contributed by atoms with Crippen LogP contribution in [0.15, 0.2) is 59.9 Å². The standard InChI is InChI=1S/C22H24N2O6/c1-15(22(28)29)13-19(24(23-30)20(25)11-12-21(26)27)14-16-7-9-18(10-8-16)17-5-3-2-4-6-17/h2-10,15,19H,11-14H2,1H3,(H,26,27)(H,28,29)/t15-,19+/m1/s1. The second-order valence-electron chi connectivity index (χ2n) is 7.11. The van der Waals surface area contributed by atoms with Crippen LogP contribution in [0.5, 0.6) is 0 Å². The summed E-state index contributed by atoms with van der Waals surface area (Å²) in [5.41, 5.74) is 2.84. The third-order valence-electron chi connectivity index (χ3n) is 4.82. The smallest absolute Gasteiger partial charge is 0.306 e. The lowest BCUT2D eigenvalue weighted by molar-refractivity contribution is -0.144. The molecule has 8 heteroatoms. The Kier molecular flexibility index (Phi) is 8.22. The van der Waals surface area contributed by atoms with Crippen LogP contribution >= 0.6 is 0 Å². The van der Waals surface area contributed by atoms with Crippen molar-refractivity contribution >= 4 is 17.8 Å². The molecule has 0 spiro atoms. The Morgan fingerprint density at radius 3 is 2.07 bits per heavy atom. The summed E-state index contributed by atoms with van der Waals surface area (Å²) in [7, 11) is 0. The van der Waals surface area contributed by atoms with Crippen molar-refractivity contribution in [1.82, 2.24) is 5.01 Å². The Hall–Kier alpha value is -3.55. The molecule has 0 bridgehead atoms. The van der Waals surface area contributed by atoms with E-state index in [9.17, 15) is 24.4 Å². The van der Waals surface area contributed by atoms with Crippen molar-refractivity contribution in [3.8, 4) is 11.1 Å². The highest BCUT2D eigenvalue weighted by atomic mass is 16.4. The SMILES string of the molecule is C[C@H](C[C@@H](Cc1ccc(-c2ccccc2)cc1)N(N=O)C(=O)CCC(=O)O)C(=O)O. The molecule has 2 aromatic carbocycles. The van der Waals surface area contributed by atoms with Gasteiger partial charge in [-0.05, 0) is 29.5 Å². The molecule has 0 aliphatic carbocycles. The number of hydrogen-bond donors (Lipinski definition) is 2. The van der Waals surface area contributed by atoms with Crippen LogP contribution < -0.4 is 0 Å². The Morgan fingerprint density at radius 2 is 1.53 bits per heavy atom. The van der Waals surface area contributed by atoms with Gasteiger partial charge in [0.05, 0.1) is 23.7 Å². The summed E-state index contributed by atoms with van der Waals surface area (Å²) in [4.78, 5) is 45.7. The van der Waals surface area contributed by atoms with Crippen molar-refractivity contribution in [2.24, 2.45) is 11.2 Å². The Balaban J connectivity index is 2.21. The first-order valence-electron chi connectivity index (χ1n) is 9.56. The molecule has 0 saturated heterocycles. The number of nitrogens with zero attached hydrogens (tertiary/aromatic N) is 2. The van der Waals surface area contributed by atoms with E-state index in [1.807, 2.05) is 54.6 Å². The van der Waals surface area contributed by atoms with Crippen LogP contribution in [0.2, 0.25) is 0 Å². The van der Waals surface area contributed by atoms with Gasteiger partial charge in [0.25, 0.3) is 0 Å². The maximum Gasteiger partial charge on any atom is 0.306 e. The molecule has 2 rings (SSSR count). The minimum Gasteiger partial charge on any atom is -0.481 e. The van der Waals surface area contributed by atoms with E-state index in [0.717, 1.165) is 16.7 Å². The highest BCUT2D eigenvalue weighted by molar-refractivity contribution is 5.80. The number of nitroso groups, excluding NO2 is 1. The molecule has 2 atom stereocenters. The van der Waals surface area contributed by atoms with E-state index in [4.69, 9.17) is 5.11 Å². The fourth-order valence-electron chi connectivity index (χ4n) is 3.16. The number of hydrogen-bond acceptors (Lipinski definition) is 5. The molecule has 2 N–H and O–H groups in total. The molecule has 0 heterocycles. The first kappa shape index (κ1) is 22.7. The molecule has 0 unspecified atom stereocenters. The van der Waals surface area contributed by atoms with Crippen molar-refractivity contribution in [2.75, 3.05) is 0 Å². The van der Waals surface area contributed by atoms with Crippen LogP contribution in [-0.4, -0.2) is 39.1 Å². The van der Waals surface area contributed by atoms with Crippen LogP contribution in [0.1, 0.15) is 31.7 Å². The third-order valence-corrected chi connectivity index (χ3v) is 4.82. The topological polar surface area (TPSA) is 124 Å². The van der Waals surface area contributed by atoms with E-state index in [2.05, 4.69) is 5.29 Å². The molecule has 0 aliphatic heterocycles. The summed E-state index contributed by atoms with van der Waals surface area (Å²) < 4.78 is 0. The number of carboxylic acids is 2. The van der Waals surface area contributed by atoms with E-state index < -0.39 is 36.2 Å². The minimum absolute atomic E-state index is 0.0142. The lowest BCUT2D eigenvalue weighted by atomic mass is 9.94. The number of aliphatic carboxylic acids is 2. The van der Waals surface area contributed by atoms with Crippen molar-refractivity contribution in [3.05, 3.63) is 65.1 Å². The molecule has 158 valence electrons. The van der Waals surface area contributed by atoms with Crippen LogP contribution in [0.3, 0.4) is 0 Å². The minimum atomic E-state index is -1.17. The molecular formula is C22H24N2O6. The number of carbonyl (C=O) groups excluding carboxylic acids is 1. The second kappa shape index (κ2) is 10.8. The molecule has 0 aliphatic rings. The van der Waals surface area contributed by atoms with Crippen molar-refractivity contribution in [1.29, 1.82) is 0 Å². The first-order chi connectivity index (χ1) is 14.3. The van der Waals surface area contributed by atoms with E-state index in [0.29, 0.717) is 5.01 Å². The van der Waals surface area contributed by atoms with Gasteiger partial charge >= 0.3 is 11.9 Å². The van der Waals surface area contributed by atoms with Crippen molar-refractivity contribution < 1.29 is 24.6 Å². The van der Waals surface area contributed by atoms with E-state index in [1.54, 1.807) is 0 Å². The molecule has 2 aromatic rings. The van der Waals surface area contributed by atoms with E-state index in [-0.39, 0.29) is 19.3 Å². The monoisotopic (exact) mass is 412 g/mol. The predicted molar refractivity (Wildman–Crippen MR) is 110 cm³/mol. The van der Waals surface area contributed by atoms with Crippen molar-refractivity contribution in [3.63, 3.8) is 0 Å². The molecule has 0 aromatic heterocycles. The zero-order valence-electron chi connectivity index (χ0n) is 16.6.